The summed E-state index contributed by atoms with van der Waals surface area (Å²) in [5, 5.41) is 4.89. The van der Waals surface area contributed by atoms with E-state index in [0.29, 0.717) is 10.7 Å². The molecule has 0 bridgehead atoms. The van der Waals surface area contributed by atoms with Crippen LogP contribution in [0.1, 0.15) is 31.1 Å². The molecular formula is C13H16ClN3S. The second kappa shape index (κ2) is 4.35. The highest BCUT2D eigenvalue weighted by atomic mass is 35.5. The van der Waals surface area contributed by atoms with Crippen molar-refractivity contribution in [3.8, 4) is 0 Å². The zero-order valence-corrected chi connectivity index (χ0v) is 12.2. The summed E-state index contributed by atoms with van der Waals surface area (Å²) in [6.45, 7) is 5.32. The number of aromatic nitrogens is 2. The molecule has 3 nitrogen and oxygen atoms in total. The summed E-state index contributed by atoms with van der Waals surface area (Å²) in [4.78, 5) is 10.8. The van der Waals surface area contributed by atoms with E-state index < -0.39 is 0 Å². The minimum atomic E-state index is 0.327. The summed E-state index contributed by atoms with van der Waals surface area (Å²) in [5.41, 5.74) is 0.495. The Kier molecular flexibility index (Phi) is 2.94. The van der Waals surface area contributed by atoms with Gasteiger partial charge in [0.15, 0.2) is 0 Å². The lowest BCUT2D eigenvalue weighted by Crippen LogP contribution is -2.15. The number of halogens is 1. The van der Waals surface area contributed by atoms with Gasteiger partial charge in [-0.3, -0.25) is 0 Å². The molecule has 1 aliphatic rings. The van der Waals surface area contributed by atoms with Crippen molar-refractivity contribution in [3.05, 3.63) is 16.2 Å². The number of fused-ring (bicyclic) bond motifs is 1. The molecule has 0 aromatic carbocycles. The highest BCUT2D eigenvalue weighted by molar-refractivity contribution is 7.18. The number of thiophene rings is 1. The Morgan fingerprint density at radius 2 is 2.22 bits per heavy atom. The van der Waals surface area contributed by atoms with Crippen LogP contribution < -0.4 is 5.32 Å². The van der Waals surface area contributed by atoms with Crippen molar-refractivity contribution in [2.75, 3.05) is 11.9 Å². The molecule has 0 amide bonds. The van der Waals surface area contributed by atoms with E-state index in [1.54, 1.807) is 11.3 Å². The monoisotopic (exact) mass is 281 g/mol. The third-order valence-corrected chi connectivity index (χ3v) is 4.94. The van der Waals surface area contributed by atoms with Gasteiger partial charge in [-0.2, -0.15) is 0 Å². The Hall–Kier alpha value is -0.870. The summed E-state index contributed by atoms with van der Waals surface area (Å²) >= 11 is 7.64. The first-order valence-corrected chi connectivity index (χ1v) is 7.49. The molecule has 2 aromatic rings. The van der Waals surface area contributed by atoms with E-state index in [1.807, 2.05) is 0 Å². The van der Waals surface area contributed by atoms with Crippen LogP contribution in [0.5, 0.6) is 0 Å². The minimum Gasteiger partial charge on any atom is -0.369 e. The predicted octanol–water partition coefficient (Wildman–Crippen LogP) is 4.26. The van der Waals surface area contributed by atoms with Crippen LogP contribution in [0.4, 0.5) is 5.82 Å². The third-order valence-electron chi connectivity index (χ3n) is 3.83. The number of anilines is 1. The first-order chi connectivity index (χ1) is 8.62. The average Bonchev–Trinajstić information content (AvgIpc) is 3.02. The predicted molar refractivity (Wildman–Crippen MR) is 77.6 cm³/mol. The maximum atomic E-state index is 5.98. The Labute approximate surface area is 116 Å². The highest BCUT2D eigenvalue weighted by Gasteiger charge is 2.40. The van der Waals surface area contributed by atoms with E-state index in [0.717, 1.165) is 22.6 Å². The molecule has 0 atom stereocenters. The van der Waals surface area contributed by atoms with Gasteiger partial charge in [-0.05, 0) is 49.3 Å². The fourth-order valence-corrected chi connectivity index (χ4v) is 3.35. The summed E-state index contributed by atoms with van der Waals surface area (Å²) in [6.07, 6.45) is 3.87. The highest BCUT2D eigenvalue weighted by Crippen LogP contribution is 2.48. The number of rotatable bonds is 4. The van der Waals surface area contributed by atoms with Crippen molar-refractivity contribution in [2.45, 2.75) is 33.1 Å². The molecule has 2 heterocycles. The van der Waals surface area contributed by atoms with Crippen LogP contribution in [0, 0.1) is 12.3 Å². The summed E-state index contributed by atoms with van der Waals surface area (Å²) in [5.74, 6) is 0.883. The first kappa shape index (κ1) is 12.2. The quantitative estimate of drug-likeness (QED) is 0.851. The first-order valence-electron chi connectivity index (χ1n) is 6.29. The minimum absolute atomic E-state index is 0.327. The molecule has 18 heavy (non-hydrogen) atoms. The van der Waals surface area contributed by atoms with Gasteiger partial charge in [0.2, 0.25) is 5.28 Å². The molecule has 0 unspecified atom stereocenters. The lowest BCUT2D eigenvalue weighted by molar-refractivity contribution is 0.521. The molecule has 5 heteroatoms. The molecule has 1 aliphatic carbocycles. The van der Waals surface area contributed by atoms with Gasteiger partial charge in [0.05, 0.1) is 5.39 Å². The maximum Gasteiger partial charge on any atom is 0.225 e. The van der Waals surface area contributed by atoms with Crippen LogP contribution in [0.15, 0.2) is 6.07 Å². The number of nitrogens with zero attached hydrogens (tertiary/aromatic N) is 2. The zero-order valence-electron chi connectivity index (χ0n) is 10.6. The van der Waals surface area contributed by atoms with Gasteiger partial charge >= 0.3 is 0 Å². The largest absolute Gasteiger partial charge is 0.369 e. The molecule has 1 N–H and O–H groups in total. The topological polar surface area (TPSA) is 37.8 Å². The van der Waals surface area contributed by atoms with Crippen molar-refractivity contribution in [1.82, 2.24) is 9.97 Å². The van der Waals surface area contributed by atoms with Gasteiger partial charge in [-0.15, -0.1) is 11.3 Å². The second-order valence-electron chi connectivity index (χ2n) is 5.12. The van der Waals surface area contributed by atoms with Gasteiger partial charge in [0, 0.05) is 11.4 Å². The molecule has 1 fully saturated rings. The summed E-state index contributed by atoms with van der Waals surface area (Å²) < 4.78 is 0. The Bertz CT molecular complexity index is 589. The van der Waals surface area contributed by atoms with E-state index in [4.69, 9.17) is 11.6 Å². The Morgan fingerprint density at radius 1 is 1.44 bits per heavy atom. The normalized spacial score (nSPS) is 17.1. The smallest absolute Gasteiger partial charge is 0.225 e. The van der Waals surface area contributed by atoms with Crippen LogP contribution >= 0.6 is 22.9 Å². The molecular weight excluding hydrogens is 266 g/mol. The molecule has 0 spiro atoms. The van der Waals surface area contributed by atoms with Crippen molar-refractivity contribution in [1.29, 1.82) is 0 Å². The fraction of sp³-hybridized carbons (Fsp3) is 0.538. The molecule has 0 radical (unpaired) electrons. The molecule has 1 saturated carbocycles. The SMILES string of the molecule is CCC1(CNc2nc(Cl)nc3sc(C)cc23)CC1. The maximum absolute atomic E-state index is 5.98. The molecule has 96 valence electrons. The molecule has 2 aromatic heterocycles. The van der Waals surface area contributed by atoms with Crippen molar-refractivity contribution in [3.63, 3.8) is 0 Å². The fourth-order valence-electron chi connectivity index (χ4n) is 2.25. The van der Waals surface area contributed by atoms with Gasteiger partial charge in [-0.25, -0.2) is 9.97 Å². The van der Waals surface area contributed by atoms with Crippen LogP contribution in [-0.4, -0.2) is 16.5 Å². The van der Waals surface area contributed by atoms with Crippen molar-refractivity contribution in [2.24, 2.45) is 5.41 Å². The van der Waals surface area contributed by atoms with Crippen LogP contribution in [-0.2, 0) is 0 Å². The number of hydrogen-bond donors (Lipinski definition) is 1. The van der Waals surface area contributed by atoms with Gasteiger partial charge < -0.3 is 5.32 Å². The summed E-state index contributed by atoms with van der Waals surface area (Å²) in [7, 11) is 0. The van der Waals surface area contributed by atoms with E-state index in [1.165, 1.54) is 24.1 Å². The van der Waals surface area contributed by atoms with E-state index in [9.17, 15) is 0 Å². The van der Waals surface area contributed by atoms with Gasteiger partial charge in [0.25, 0.3) is 0 Å². The lowest BCUT2D eigenvalue weighted by Gasteiger charge is -2.14. The average molecular weight is 282 g/mol. The zero-order chi connectivity index (χ0) is 12.8. The van der Waals surface area contributed by atoms with E-state index in [2.05, 4.69) is 35.2 Å². The van der Waals surface area contributed by atoms with Crippen LogP contribution in [0.2, 0.25) is 5.28 Å². The number of hydrogen-bond acceptors (Lipinski definition) is 4. The van der Waals surface area contributed by atoms with Crippen LogP contribution in [0.3, 0.4) is 0 Å². The van der Waals surface area contributed by atoms with Gasteiger partial charge in [-0.1, -0.05) is 6.92 Å². The second-order valence-corrected chi connectivity index (χ2v) is 6.70. The molecule has 3 rings (SSSR count). The molecule has 0 saturated heterocycles. The number of aryl methyl sites for hydroxylation is 1. The number of nitrogens with one attached hydrogen (secondary N) is 1. The van der Waals surface area contributed by atoms with E-state index >= 15 is 0 Å². The standard InChI is InChI=1S/C13H16ClN3S/c1-3-13(4-5-13)7-15-10-9-6-8(2)18-11(9)17-12(14)16-10/h6H,3-5,7H2,1-2H3,(H,15,16,17). The van der Waals surface area contributed by atoms with Crippen molar-refractivity contribution < 1.29 is 0 Å². The van der Waals surface area contributed by atoms with E-state index in [-0.39, 0.29) is 0 Å². The molecule has 0 aliphatic heterocycles. The van der Waals surface area contributed by atoms with Gasteiger partial charge in [0.1, 0.15) is 10.6 Å². The Morgan fingerprint density at radius 3 is 2.89 bits per heavy atom. The Balaban J connectivity index is 1.90. The summed E-state index contributed by atoms with van der Waals surface area (Å²) in [6, 6.07) is 2.13. The van der Waals surface area contributed by atoms with Crippen molar-refractivity contribution >= 4 is 39.0 Å². The van der Waals surface area contributed by atoms with Crippen LogP contribution in [0.25, 0.3) is 10.2 Å². The third kappa shape index (κ3) is 2.19. The lowest BCUT2D eigenvalue weighted by atomic mass is 10.0.